The third-order valence-corrected chi connectivity index (χ3v) is 5.12. The highest BCUT2D eigenvalue weighted by Crippen LogP contribution is 2.17. The molecule has 2 aromatic carbocycles. The van der Waals surface area contributed by atoms with Gasteiger partial charge in [0.2, 0.25) is 0 Å². The number of benzene rings is 2. The maximum Gasteiger partial charge on any atom is 0.325 e. The number of carbonyl (C=O) groups is 3. The monoisotopic (exact) mass is 423 g/mol. The van der Waals surface area contributed by atoms with Crippen LogP contribution in [0.25, 0.3) is 0 Å². The molecule has 2 atom stereocenters. The number of nitrogens with one attached hydrogen (secondary N) is 1. The lowest BCUT2D eigenvalue weighted by atomic mass is 10.0. The summed E-state index contributed by atoms with van der Waals surface area (Å²) in [5.74, 6) is -2.79. The molecule has 31 heavy (non-hydrogen) atoms. The minimum Gasteiger partial charge on any atom is -0.480 e. The summed E-state index contributed by atoms with van der Waals surface area (Å²) < 4.78 is 0. The van der Waals surface area contributed by atoms with Gasteiger partial charge in [-0.2, -0.15) is 5.10 Å². The van der Waals surface area contributed by atoms with Crippen LogP contribution in [0.2, 0.25) is 0 Å². The van der Waals surface area contributed by atoms with E-state index in [4.69, 9.17) is 0 Å². The number of hydrazone groups is 1. The topological polar surface area (TPSA) is 119 Å². The molecule has 1 heterocycles. The Hall–Kier alpha value is -3.52. The van der Waals surface area contributed by atoms with E-state index in [2.05, 4.69) is 10.4 Å². The van der Waals surface area contributed by atoms with Crippen molar-refractivity contribution in [3.63, 3.8) is 0 Å². The van der Waals surface area contributed by atoms with Crippen LogP contribution in [0.5, 0.6) is 0 Å². The van der Waals surface area contributed by atoms with Crippen LogP contribution < -0.4 is 5.32 Å². The fourth-order valence-electron chi connectivity index (χ4n) is 3.53. The molecule has 2 aromatic rings. The smallest absolute Gasteiger partial charge is 0.325 e. The number of hydrogen-bond donors (Lipinski definition) is 3. The summed E-state index contributed by atoms with van der Waals surface area (Å²) in [4.78, 5) is 36.1. The first-order valence-electron chi connectivity index (χ1n) is 10.1. The van der Waals surface area contributed by atoms with Crippen LogP contribution in [-0.4, -0.2) is 57.4 Å². The van der Waals surface area contributed by atoms with Crippen LogP contribution in [0.4, 0.5) is 0 Å². The Bertz CT molecular complexity index is 946. The molecule has 0 saturated carbocycles. The van der Waals surface area contributed by atoms with Gasteiger partial charge in [-0.1, -0.05) is 60.7 Å². The Balaban J connectivity index is 1.76. The average molecular weight is 423 g/mol. The number of rotatable bonds is 9. The number of hydrogen-bond acceptors (Lipinski definition) is 5. The van der Waals surface area contributed by atoms with E-state index in [0.717, 1.165) is 16.1 Å². The van der Waals surface area contributed by atoms with Gasteiger partial charge >= 0.3 is 11.9 Å². The van der Waals surface area contributed by atoms with Crippen LogP contribution in [0.15, 0.2) is 65.8 Å². The van der Waals surface area contributed by atoms with Gasteiger partial charge in [0.1, 0.15) is 12.6 Å². The van der Waals surface area contributed by atoms with Gasteiger partial charge in [-0.3, -0.25) is 19.7 Å². The number of nitrogens with zero attached hydrogens (tertiary/aromatic N) is 2. The van der Waals surface area contributed by atoms with E-state index in [1.165, 1.54) is 0 Å². The highest BCUT2D eigenvalue weighted by molar-refractivity contribution is 6.02. The normalized spacial score (nSPS) is 17.5. The summed E-state index contributed by atoms with van der Waals surface area (Å²) in [6.45, 7) is -0.588. The van der Waals surface area contributed by atoms with Crippen molar-refractivity contribution in [2.24, 2.45) is 5.10 Å². The molecule has 0 aliphatic carbocycles. The molecule has 1 aliphatic rings. The zero-order chi connectivity index (χ0) is 22.2. The molecule has 1 aliphatic heterocycles. The number of carboxylic acids is 2. The minimum atomic E-state index is -1.19. The zero-order valence-electron chi connectivity index (χ0n) is 17.0. The van der Waals surface area contributed by atoms with Crippen molar-refractivity contribution in [3.8, 4) is 0 Å². The van der Waals surface area contributed by atoms with Gasteiger partial charge in [-0.25, -0.2) is 5.01 Å². The maximum absolute atomic E-state index is 13.0. The molecule has 0 radical (unpaired) electrons. The molecule has 0 aromatic heterocycles. The summed E-state index contributed by atoms with van der Waals surface area (Å²) in [6.07, 6.45) is 1.57. The lowest BCUT2D eigenvalue weighted by molar-refractivity contribution is -0.146. The lowest BCUT2D eigenvalue weighted by Gasteiger charge is -2.24. The molecule has 3 rings (SSSR count). The SMILES string of the molecule is O=C(O)CN1N=C(c2ccccc2)CC[C@H](N[C@@H](CCc2ccccc2)C(=O)O)C1=O. The van der Waals surface area contributed by atoms with Crippen molar-refractivity contribution in [1.29, 1.82) is 0 Å². The largest absolute Gasteiger partial charge is 0.480 e. The Morgan fingerprint density at radius 3 is 2.32 bits per heavy atom. The third kappa shape index (κ3) is 6.23. The fraction of sp³-hybridized carbons (Fsp3) is 0.304. The molecule has 0 unspecified atom stereocenters. The van der Waals surface area contributed by atoms with Crippen LogP contribution in [0, 0.1) is 0 Å². The van der Waals surface area contributed by atoms with Gasteiger partial charge in [-0.05, 0) is 36.8 Å². The summed E-state index contributed by atoms with van der Waals surface area (Å²) in [5.41, 5.74) is 2.39. The third-order valence-electron chi connectivity index (χ3n) is 5.12. The van der Waals surface area contributed by atoms with Crippen molar-refractivity contribution >= 4 is 23.6 Å². The number of amides is 1. The molecule has 3 N–H and O–H groups in total. The van der Waals surface area contributed by atoms with E-state index in [1.54, 1.807) is 0 Å². The van der Waals surface area contributed by atoms with Gasteiger partial charge in [-0.15, -0.1) is 0 Å². The van der Waals surface area contributed by atoms with Gasteiger partial charge in [0, 0.05) is 0 Å². The van der Waals surface area contributed by atoms with E-state index < -0.39 is 36.5 Å². The second-order valence-electron chi connectivity index (χ2n) is 7.38. The van der Waals surface area contributed by atoms with Crippen molar-refractivity contribution < 1.29 is 24.6 Å². The molecular formula is C23H25N3O5. The number of carboxylic acid groups (broad SMARTS) is 2. The van der Waals surface area contributed by atoms with Crippen molar-refractivity contribution in [2.45, 2.75) is 37.8 Å². The number of aliphatic carboxylic acids is 2. The first-order valence-corrected chi connectivity index (χ1v) is 10.1. The lowest BCUT2D eigenvalue weighted by Crippen LogP contribution is -2.51. The van der Waals surface area contributed by atoms with Crippen molar-refractivity contribution in [3.05, 3.63) is 71.8 Å². The van der Waals surface area contributed by atoms with E-state index in [1.807, 2.05) is 60.7 Å². The second kappa shape index (κ2) is 10.5. The van der Waals surface area contributed by atoms with Crippen LogP contribution in [0.1, 0.15) is 30.4 Å². The first-order chi connectivity index (χ1) is 14.9. The van der Waals surface area contributed by atoms with Crippen LogP contribution >= 0.6 is 0 Å². The molecule has 1 amide bonds. The molecule has 0 saturated heterocycles. The van der Waals surface area contributed by atoms with Crippen molar-refractivity contribution in [2.75, 3.05) is 6.54 Å². The highest BCUT2D eigenvalue weighted by atomic mass is 16.4. The molecule has 8 nitrogen and oxygen atoms in total. The van der Waals surface area contributed by atoms with Gasteiger partial charge in [0.05, 0.1) is 11.8 Å². The summed E-state index contributed by atoms with van der Waals surface area (Å²) in [7, 11) is 0. The van der Waals surface area contributed by atoms with Gasteiger partial charge in [0.15, 0.2) is 0 Å². The van der Waals surface area contributed by atoms with Crippen LogP contribution in [-0.2, 0) is 20.8 Å². The maximum atomic E-state index is 13.0. The minimum absolute atomic E-state index is 0.300. The zero-order valence-corrected chi connectivity index (χ0v) is 17.0. The van der Waals surface area contributed by atoms with E-state index >= 15 is 0 Å². The van der Waals surface area contributed by atoms with Crippen molar-refractivity contribution in [1.82, 2.24) is 10.3 Å². The summed E-state index contributed by atoms with van der Waals surface area (Å²) in [6, 6.07) is 16.9. The second-order valence-corrected chi connectivity index (χ2v) is 7.38. The molecule has 0 fully saturated rings. The molecule has 0 spiro atoms. The molecule has 162 valence electrons. The summed E-state index contributed by atoms with van der Waals surface area (Å²) >= 11 is 0. The van der Waals surface area contributed by atoms with Gasteiger partial charge in [0.25, 0.3) is 5.91 Å². The quantitative estimate of drug-likeness (QED) is 0.569. The molecule has 8 heteroatoms. The van der Waals surface area contributed by atoms with E-state index in [9.17, 15) is 24.6 Å². The van der Waals surface area contributed by atoms with Crippen LogP contribution in [0.3, 0.4) is 0 Å². The molecule has 0 bridgehead atoms. The van der Waals surface area contributed by atoms with E-state index in [0.29, 0.717) is 31.4 Å². The fourth-order valence-corrected chi connectivity index (χ4v) is 3.53. The Labute approximate surface area is 180 Å². The number of aryl methyl sites for hydroxylation is 1. The first kappa shape index (κ1) is 22.2. The van der Waals surface area contributed by atoms with E-state index in [-0.39, 0.29) is 0 Å². The predicted octanol–water partition coefficient (Wildman–Crippen LogP) is 2.14. The Morgan fingerprint density at radius 1 is 1.06 bits per heavy atom. The van der Waals surface area contributed by atoms with Gasteiger partial charge < -0.3 is 10.2 Å². The standard InChI is InChI=1S/C23H25N3O5/c27-21(28)15-26-22(29)19(14-13-18(25-26)17-9-5-2-6-10-17)24-20(23(30)31)12-11-16-7-3-1-4-8-16/h1-10,19-20,24H,11-15H2,(H,27,28)(H,30,31)/t19-,20-/m0/s1. The molecular weight excluding hydrogens is 398 g/mol. The Kier molecular flexibility index (Phi) is 7.50. The number of carbonyl (C=O) groups excluding carboxylic acids is 1. The Morgan fingerprint density at radius 2 is 1.71 bits per heavy atom. The predicted molar refractivity (Wildman–Crippen MR) is 115 cm³/mol. The summed E-state index contributed by atoms with van der Waals surface area (Å²) in [5, 5.41) is 27.0. The average Bonchev–Trinajstić information content (AvgIpc) is 2.91. The highest BCUT2D eigenvalue weighted by Gasteiger charge is 2.33.